The van der Waals surface area contributed by atoms with Gasteiger partial charge in [0.2, 0.25) is 0 Å². The summed E-state index contributed by atoms with van der Waals surface area (Å²) < 4.78 is 8.06. The van der Waals surface area contributed by atoms with Gasteiger partial charge >= 0.3 is 74.9 Å². The Kier molecular flexibility index (Phi) is 16.8. The molecular formula is C25H36CsN3O4S. The molecule has 0 unspecified atom stereocenters. The number of hydrogen-bond acceptors (Lipinski definition) is 7. The van der Waals surface area contributed by atoms with Gasteiger partial charge < -0.3 is 16.9 Å². The van der Waals surface area contributed by atoms with Crippen molar-refractivity contribution in [1.29, 1.82) is 0 Å². The van der Waals surface area contributed by atoms with E-state index in [4.69, 9.17) is 4.74 Å². The predicted octanol–water partition coefficient (Wildman–Crippen LogP) is 3.29. The van der Waals surface area contributed by atoms with Crippen LogP contribution in [0.5, 0.6) is 0 Å². The molecule has 0 aromatic heterocycles. The Morgan fingerprint density at radius 2 is 1.71 bits per heavy atom. The molecule has 2 aromatic carbocycles. The Morgan fingerprint density at radius 1 is 1.12 bits per heavy atom. The van der Waals surface area contributed by atoms with Crippen molar-refractivity contribution in [1.82, 2.24) is 4.90 Å². The van der Waals surface area contributed by atoms with Crippen LogP contribution in [0.3, 0.4) is 0 Å². The van der Waals surface area contributed by atoms with Crippen molar-refractivity contribution in [2.45, 2.75) is 56.9 Å². The average Bonchev–Trinajstić information content (AvgIpc) is 3.41. The van der Waals surface area contributed by atoms with E-state index >= 15 is 0 Å². The fourth-order valence-corrected chi connectivity index (χ4v) is 4.73. The number of hydrogen-bond donors (Lipinski definition) is 1. The summed E-state index contributed by atoms with van der Waals surface area (Å²) in [5.74, 6) is -0.0162. The quantitative estimate of drug-likeness (QED) is 0.184. The van der Waals surface area contributed by atoms with Crippen LogP contribution in [0.4, 0.5) is 11.4 Å². The minimum atomic E-state index is -0.400. The van der Waals surface area contributed by atoms with Crippen LogP contribution in [0, 0.1) is 24.5 Å². The summed E-state index contributed by atoms with van der Waals surface area (Å²) in [4.78, 5) is 24.9. The van der Waals surface area contributed by atoms with Crippen LogP contribution in [0.2, 0.25) is 0 Å². The van der Waals surface area contributed by atoms with Crippen molar-refractivity contribution in [3.8, 4) is 0 Å². The topological polar surface area (TPSA) is 84.7 Å². The average molecular weight is 608 g/mol. The van der Waals surface area contributed by atoms with Gasteiger partial charge in [-0.15, -0.1) is 0 Å². The SMILES string of the molecule is CC.COC(=O)C12CCCN1CCC2.Cc1cccc(NSc2ccc([N+](=O)[O-])cc2)c1.[CH3-].[Cs+]. The molecule has 1 N–H and O–H groups in total. The number of carbonyl (C=O) groups is 1. The molecule has 0 aliphatic carbocycles. The normalized spacial score (nSPS) is 15.1. The van der Waals surface area contributed by atoms with Crippen molar-refractivity contribution in [2.24, 2.45) is 0 Å². The Hall–Kier alpha value is -0.528. The van der Waals surface area contributed by atoms with Crippen LogP contribution in [0.25, 0.3) is 0 Å². The van der Waals surface area contributed by atoms with Crippen LogP contribution < -0.4 is 73.6 Å². The molecule has 0 spiro atoms. The fraction of sp³-hybridized carbons (Fsp3) is 0.440. The number of esters is 1. The molecule has 2 aliphatic rings. The molecular weight excluding hydrogens is 571 g/mol. The number of carbonyl (C=O) groups excluding carboxylic acids is 1. The number of rotatable bonds is 5. The first-order valence-electron chi connectivity index (χ1n) is 11.0. The third kappa shape index (κ3) is 9.16. The maximum atomic E-state index is 11.6. The second-order valence-electron chi connectivity index (χ2n) is 7.54. The number of nitrogens with zero attached hydrogens (tertiary/aromatic N) is 2. The molecule has 34 heavy (non-hydrogen) atoms. The zero-order valence-electron chi connectivity index (χ0n) is 21.3. The van der Waals surface area contributed by atoms with E-state index in [0.29, 0.717) is 0 Å². The van der Waals surface area contributed by atoms with E-state index in [-0.39, 0.29) is 93.5 Å². The summed E-state index contributed by atoms with van der Waals surface area (Å²) in [5, 5.41) is 10.5. The third-order valence-electron chi connectivity index (χ3n) is 5.56. The third-order valence-corrected chi connectivity index (χ3v) is 6.41. The number of nitro groups is 1. The number of non-ortho nitro benzene ring substituents is 1. The van der Waals surface area contributed by atoms with Gasteiger partial charge in [-0.3, -0.25) is 19.8 Å². The van der Waals surface area contributed by atoms with Gasteiger partial charge in [-0.2, -0.15) is 0 Å². The van der Waals surface area contributed by atoms with Gasteiger partial charge in [0.15, 0.2) is 0 Å². The first kappa shape index (κ1) is 33.5. The van der Waals surface area contributed by atoms with E-state index in [0.717, 1.165) is 49.4 Å². The van der Waals surface area contributed by atoms with E-state index in [1.54, 1.807) is 12.1 Å². The van der Waals surface area contributed by atoms with E-state index in [2.05, 4.69) is 9.62 Å². The van der Waals surface area contributed by atoms with Crippen molar-refractivity contribution in [3.05, 3.63) is 71.6 Å². The maximum Gasteiger partial charge on any atom is 1.00 e. The molecule has 2 aromatic rings. The Labute approximate surface area is 267 Å². The van der Waals surface area contributed by atoms with Crippen LogP contribution in [-0.2, 0) is 9.53 Å². The van der Waals surface area contributed by atoms with Crippen molar-refractivity contribution < 1.29 is 83.3 Å². The fourth-order valence-electron chi connectivity index (χ4n) is 4.09. The minimum Gasteiger partial charge on any atom is -0.468 e. The number of fused-ring (bicyclic) bond motifs is 1. The van der Waals surface area contributed by atoms with Gasteiger partial charge in [0.25, 0.3) is 5.69 Å². The number of nitro benzene ring substituents is 1. The number of methoxy groups -OCH3 is 1. The van der Waals surface area contributed by atoms with Gasteiger partial charge in [0.1, 0.15) is 5.54 Å². The molecule has 0 amide bonds. The summed E-state index contributed by atoms with van der Waals surface area (Å²) in [7, 11) is 1.49. The second kappa shape index (κ2) is 17.0. The zero-order chi connectivity index (χ0) is 23.6. The zero-order valence-corrected chi connectivity index (χ0v) is 28.4. The second-order valence-corrected chi connectivity index (χ2v) is 8.42. The molecule has 2 saturated heterocycles. The molecule has 7 nitrogen and oxygen atoms in total. The van der Waals surface area contributed by atoms with Gasteiger partial charge in [0, 0.05) is 22.7 Å². The molecule has 4 rings (SSSR count). The van der Waals surface area contributed by atoms with Crippen LogP contribution in [0.1, 0.15) is 45.1 Å². The molecule has 9 heteroatoms. The van der Waals surface area contributed by atoms with E-state index in [1.165, 1.54) is 36.8 Å². The summed E-state index contributed by atoms with van der Waals surface area (Å²) in [5.41, 5.74) is 2.09. The number of anilines is 1. The largest absolute Gasteiger partial charge is 1.00 e. The molecule has 2 fully saturated rings. The molecule has 0 atom stereocenters. The predicted molar refractivity (Wildman–Crippen MR) is 136 cm³/mol. The molecule has 0 saturated carbocycles. The van der Waals surface area contributed by atoms with E-state index < -0.39 is 4.92 Å². The van der Waals surface area contributed by atoms with Crippen LogP contribution >= 0.6 is 11.9 Å². The Bertz CT molecular complexity index is 886. The first-order valence-corrected chi connectivity index (χ1v) is 11.8. The summed E-state index contributed by atoms with van der Waals surface area (Å²) >= 11 is 1.43. The first-order chi connectivity index (χ1) is 15.4. The van der Waals surface area contributed by atoms with Gasteiger partial charge in [-0.05, 0) is 87.5 Å². The molecule has 2 heterocycles. The number of nitrogens with one attached hydrogen (secondary N) is 1. The molecule has 0 radical (unpaired) electrons. The summed E-state index contributed by atoms with van der Waals surface area (Å²) in [6, 6.07) is 14.5. The van der Waals surface area contributed by atoms with Crippen LogP contribution in [0.15, 0.2) is 53.4 Å². The van der Waals surface area contributed by atoms with Gasteiger partial charge in [-0.25, -0.2) is 0 Å². The Morgan fingerprint density at radius 3 is 2.21 bits per heavy atom. The van der Waals surface area contributed by atoms with Gasteiger partial charge in [-0.1, -0.05) is 26.0 Å². The van der Waals surface area contributed by atoms with Gasteiger partial charge in [0.05, 0.1) is 12.0 Å². The minimum absolute atomic E-state index is 0. The standard InChI is InChI=1S/C13H12N2O2S.C9H15NO2.C2H6.CH3.Cs/c1-10-3-2-4-11(9-10)14-18-13-7-5-12(6-8-13)15(16)17;1-12-8(11)9-4-2-6-10(9)7-3-5-9;1-2;;/h2-9,14H,1H3;2-7H2,1H3;1-2H3;1H3;/q;;;-1;+1. The van der Waals surface area contributed by atoms with Crippen LogP contribution in [-0.4, -0.2) is 41.5 Å². The smallest absolute Gasteiger partial charge is 0.468 e. The summed E-state index contributed by atoms with van der Waals surface area (Å²) in [6.45, 7) is 8.19. The van der Waals surface area contributed by atoms with Crippen molar-refractivity contribution in [2.75, 3.05) is 24.9 Å². The van der Waals surface area contributed by atoms with E-state index in [9.17, 15) is 14.9 Å². The van der Waals surface area contributed by atoms with E-state index in [1.807, 2.05) is 45.0 Å². The Balaban J connectivity index is 0.000000597. The molecule has 182 valence electrons. The monoisotopic (exact) mass is 607 g/mol. The number of benzene rings is 2. The maximum absolute atomic E-state index is 11.6. The molecule has 2 aliphatic heterocycles. The molecule has 0 bridgehead atoms. The van der Waals surface area contributed by atoms with Crippen molar-refractivity contribution >= 4 is 29.3 Å². The summed E-state index contributed by atoms with van der Waals surface area (Å²) in [6.07, 6.45) is 4.30. The van der Waals surface area contributed by atoms with Crippen molar-refractivity contribution in [3.63, 3.8) is 0 Å². The number of ether oxygens (including phenoxy) is 1. The number of aryl methyl sites for hydroxylation is 1.